The molecule has 31 heavy (non-hydrogen) atoms. The lowest BCUT2D eigenvalue weighted by molar-refractivity contribution is -0.116. The van der Waals surface area contributed by atoms with Gasteiger partial charge in [-0.25, -0.2) is 13.1 Å². The predicted molar refractivity (Wildman–Crippen MR) is 119 cm³/mol. The summed E-state index contributed by atoms with van der Waals surface area (Å²) in [4.78, 5) is 16.6. The highest BCUT2D eigenvalue weighted by atomic mass is 32.2. The number of carbonyl (C=O) groups is 1. The van der Waals surface area contributed by atoms with E-state index in [-0.39, 0.29) is 16.9 Å². The van der Waals surface area contributed by atoms with Crippen LogP contribution in [0.3, 0.4) is 0 Å². The van der Waals surface area contributed by atoms with E-state index in [9.17, 15) is 13.2 Å². The first kappa shape index (κ1) is 22.6. The Kier molecular flexibility index (Phi) is 6.56. The molecule has 0 saturated carbocycles. The maximum Gasteiger partial charge on any atom is 0.244 e. The van der Waals surface area contributed by atoms with Gasteiger partial charge in [0.1, 0.15) is 10.7 Å². The van der Waals surface area contributed by atoms with Crippen LogP contribution in [0.1, 0.15) is 32.0 Å². The molecular formula is C22H27N5O3S. The van der Waals surface area contributed by atoms with Crippen molar-refractivity contribution in [3.63, 3.8) is 0 Å². The molecule has 1 aromatic carbocycles. The van der Waals surface area contributed by atoms with Gasteiger partial charge in [-0.1, -0.05) is 51.1 Å². The first-order chi connectivity index (χ1) is 14.6. The Balaban J connectivity index is 1.79. The first-order valence-electron chi connectivity index (χ1n) is 9.86. The van der Waals surface area contributed by atoms with E-state index in [4.69, 9.17) is 0 Å². The number of amides is 1. The van der Waals surface area contributed by atoms with Crippen LogP contribution in [-0.2, 0) is 26.8 Å². The lowest BCUT2D eigenvalue weighted by Crippen LogP contribution is -2.35. The molecule has 2 aromatic heterocycles. The quantitative estimate of drug-likeness (QED) is 0.608. The number of nitrogens with one attached hydrogen (secondary N) is 1. The zero-order valence-electron chi connectivity index (χ0n) is 18.1. The van der Waals surface area contributed by atoms with E-state index in [1.54, 1.807) is 4.68 Å². The molecule has 3 rings (SSSR count). The number of sulfonamides is 1. The predicted octanol–water partition coefficient (Wildman–Crippen LogP) is 2.88. The molecule has 164 valence electrons. The van der Waals surface area contributed by atoms with Crippen molar-refractivity contribution < 1.29 is 13.2 Å². The Labute approximate surface area is 183 Å². The molecule has 2 heterocycles. The lowest BCUT2D eigenvalue weighted by Gasteiger charge is -2.17. The summed E-state index contributed by atoms with van der Waals surface area (Å²) in [6.07, 6.45) is 2.75. The van der Waals surface area contributed by atoms with Gasteiger partial charge in [-0.3, -0.25) is 9.78 Å². The highest BCUT2D eigenvalue weighted by Crippen LogP contribution is 2.25. The van der Waals surface area contributed by atoms with Gasteiger partial charge in [-0.15, -0.1) is 0 Å². The first-order valence-corrected chi connectivity index (χ1v) is 11.3. The number of rotatable bonds is 7. The largest absolute Gasteiger partial charge is 0.310 e. The summed E-state index contributed by atoms with van der Waals surface area (Å²) in [5.74, 6) is 0.0654. The van der Waals surface area contributed by atoms with Gasteiger partial charge in [-0.05, 0) is 17.7 Å². The highest BCUT2D eigenvalue weighted by Gasteiger charge is 2.25. The fourth-order valence-corrected chi connectivity index (χ4v) is 4.00. The van der Waals surface area contributed by atoms with Crippen molar-refractivity contribution in [1.82, 2.24) is 19.1 Å². The summed E-state index contributed by atoms with van der Waals surface area (Å²) >= 11 is 0. The Morgan fingerprint density at radius 3 is 2.45 bits per heavy atom. The lowest BCUT2D eigenvalue weighted by atomic mass is 9.92. The van der Waals surface area contributed by atoms with Crippen molar-refractivity contribution in [1.29, 1.82) is 0 Å². The molecule has 0 aliphatic heterocycles. The zero-order valence-corrected chi connectivity index (χ0v) is 18.9. The number of anilines is 1. The number of carbonyl (C=O) groups excluding carboxylic acids is 1. The average molecular weight is 442 g/mol. The summed E-state index contributed by atoms with van der Waals surface area (Å²) in [6.45, 7) is 6.28. The van der Waals surface area contributed by atoms with Crippen molar-refractivity contribution in [3.8, 4) is 0 Å². The zero-order chi connectivity index (χ0) is 22.6. The van der Waals surface area contributed by atoms with E-state index >= 15 is 0 Å². The van der Waals surface area contributed by atoms with Crippen LogP contribution in [0.4, 0.5) is 5.82 Å². The van der Waals surface area contributed by atoms with Crippen molar-refractivity contribution >= 4 is 21.7 Å². The second-order valence-electron chi connectivity index (χ2n) is 8.31. The molecule has 1 N–H and O–H groups in total. The third kappa shape index (κ3) is 5.56. The van der Waals surface area contributed by atoms with E-state index in [1.165, 1.54) is 31.6 Å². The van der Waals surface area contributed by atoms with Gasteiger partial charge in [0.25, 0.3) is 0 Å². The molecular weight excluding hydrogens is 414 g/mol. The van der Waals surface area contributed by atoms with Crippen LogP contribution in [0.5, 0.6) is 0 Å². The molecule has 0 spiro atoms. The van der Waals surface area contributed by atoms with Crippen LogP contribution in [-0.4, -0.2) is 47.0 Å². The molecule has 0 atom stereocenters. The molecule has 0 unspecified atom stereocenters. The van der Waals surface area contributed by atoms with Crippen molar-refractivity contribution in [2.75, 3.05) is 18.9 Å². The number of benzene rings is 1. The molecule has 8 nitrogen and oxygen atoms in total. The summed E-state index contributed by atoms with van der Waals surface area (Å²) in [6, 6.07) is 14.6. The summed E-state index contributed by atoms with van der Waals surface area (Å²) < 4.78 is 28.0. The molecule has 1 amide bonds. The van der Waals surface area contributed by atoms with E-state index in [2.05, 4.69) is 15.4 Å². The highest BCUT2D eigenvalue weighted by molar-refractivity contribution is 7.89. The molecule has 9 heteroatoms. The number of hydrogen-bond acceptors (Lipinski definition) is 5. The topological polar surface area (TPSA) is 97.2 Å². The summed E-state index contributed by atoms with van der Waals surface area (Å²) in [5.41, 5.74) is 1.66. The van der Waals surface area contributed by atoms with Gasteiger partial charge in [0.2, 0.25) is 15.9 Å². The van der Waals surface area contributed by atoms with Gasteiger partial charge in [0.05, 0.1) is 18.8 Å². The maximum absolute atomic E-state index is 12.7. The van der Waals surface area contributed by atoms with Crippen molar-refractivity contribution in [2.45, 2.75) is 37.6 Å². The van der Waals surface area contributed by atoms with Crippen LogP contribution in [0.25, 0.3) is 0 Å². The molecule has 0 bridgehead atoms. The molecule has 0 saturated heterocycles. The third-order valence-electron chi connectivity index (χ3n) is 4.70. The third-order valence-corrected chi connectivity index (χ3v) is 6.49. The molecule has 0 aliphatic carbocycles. The van der Waals surface area contributed by atoms with Crippen LogP contribution < -0.4 is 5.32 Å². The Morgan fingerprint density at radius 1 is 1.13 bits per heavy atom. The van der Waals surface area contributed by atoms with Crippen molar-refractivity contribution in [3.05, 3.63) is 72.2 Å². The number of hydrogen-bond donors (Lipinski definition) is 1. The van der Waals surface area contributed by atoms with E-state index in [0.29, 0.717) is 12.4 Å². The minimum Gasteiger partial charge on any atom is -0.310 e. The van der Waals surface area contributed by atoms with Crippen molar-refractivity contribution in [2.24, 2.45) is 0 Å². The van der Waals surface area contributed by atoms with Crippen LogP contribution in [0.15, 0.2) is 65.8 Å². The van der Waals surface area contributed by atoms with Gasteiger partial charge in [-0.2, -0.15) is 9.40 Å². The monoisotopic (exact) mass is 441 g/mol. The Bertz CT molecular complexity index is 1140. The Morgan fingerprint density at radius 2 is 1.84 bits per heavy atom. The smallest absolute Gasteiger partial charge is 0.244 e. The van der Waals surface area contributed by atoms with Gasteiger partial charge < -0.3 is 5.32 Å². The second-order valence-corrected chi connectivity index (χ2v) is 10.4. The fourth-order valence-electron chi connectivity index (χ4n) is 2.91. The minimum atomic E-state index is -3.82. The molecule has 0 radical (unpaired) electrons. The standard InChI is InChI=1S/C22H27N5O3S/c1-22(2,3)19-13-20(27(25-19)15-17-9-6-5-7-10-17)24-21(28)16-26(4)31(29,30)18-11-8-12-23-14-18/h5-14H,15-16H2,1-4H3,(H,24,28). The maximum atomic E-state index is 12.7. The fraction of sp³-hybridized carbons (Fsp3) is 0.318. The van der Waals surface area contributed by atoms with Crippen LogP contribution >= 0.6 is 0 Å². The summed E-state index contributed by atoms with van der Waals surface area (Å²) in [7, 11) is -2.45. The van der Waals surface area contributed by atoms with Crippen LogP contribution in [0.2, 0.25) is 0 Å². The van der Waals surface area contributed by atoms with Gasteiger partial charge >= 0.3 is 0 Å². The van der Waals surface area contributed by atoms with Crippen LogP contribution in [0, 0.1) is 0 Å². The number of likely N-dealkylation sites (N-methyl/N-ethyl adjacent to an activating group) is 1. The molecule has 0 fully saturated rings. The number of aromatic nitrogens is 3. The molecule has 3 aromatic rings. The minimum absolute atomic E-state index is 0.0365. The Hall–Kier alpha value is -3.04. The van der Waals surface area contributed by atoms with Gasteiger partial charge in [0.15, 0.2) is 0 Å². The summed E-state index contributed by atoms with van der Waals surface area (Å²) in [5, 5.41) is 7.48. The van der Waals surface area contributed by atoms with E-state index in [0.717, 1.165) is 15.6 Å². The normalized spacial score (nSPS) is 12.2. The number of nitrogens with zero attached hydrogens (tertiary/aromatic N) is 4. The van der Waals surface area contributed by atoms with E-state index in [1.807, 2.05) is 57.2 Å². The SMILES string of the molecule is CN(CC(=O)Nc1cc(C(C)(C)C)nn1Cc1ccccc1)S(=O)(=O)c1cccnc1. The second kappa shape index (κ2) is 8.99. The van der Waals surface area contributed by atoms with Gasteiger partial charge in [0, 0.05) is 30.9 Å². The average Bonchev–Trinajstić information content (AvgIpc) is 3.12. The number of pyridine rings is 1. The molecule has 0 aliphatic rings. The van der Waals surface area contributed by atoms with E-state index < -0.39 is 15.9 Å².